The van der Waals surface area contributed by atoms with Crippen LogP contribution in [0.25, 0.3) is 0 Å². The lowest BCUT2D eigenvalue weighted by Gasteiger charge is -2.05. The van der Waals surface area contributed by atoms with Crippen molar-refractivity contribution in [2.45, 2.75) is 5.75 Å². The Bertz CT molecular complexity index is 584. The van der Waals surface area contributed by atoms with Gasteiger partial charge in [-0.25, -0.2) is 4.98 Å². The van der Waals surface area contributed by atoms with Crippen molar-refractivity contribution in [3.8, 4) is 6.19 Å². The maximum absolute atomic E-state index is 11.9. The van der Waals surface area contributed by atoms with Crippen LogP contribution in [0, 0.1) is 11.5 Å². The Hall–Kier alpha value is -2.26. The Balaban J connectivity index is 2.39. The van der Waals surface area contributed by atoms with Crippen LogP contribution in [-0.4, -0.2) is 44.8 Å². The van der Waals surface area contributed by atoms with Gasteiger partial charge in [-0.3, -0.25) is 14.5 Å². The first-order valence-electron chi connectivity index (χ1n) is 5.68. The highest BCUT2D eigenvalue weighted by Gasteiger charge is 2.08. The molecule has 0 saturated heterocycles. The Morgan fingerprint density at radius 2 is 2.33 bits per heavy atom. The zero-order chi connectivity index (χ0) is 15.7. The highest BCUT2D eigenvalue weighted by molar-refractivity contribution is 7.84. The highest BCUT2D eigenvalue weighted by atomic mass is 32.2. The van der Waals surface area contributed by atoms with Gasteiger partial charge >= 0.3 is 0 Å². The van der Waals surface area contributed by atoms with Crippen LogP contribution in [0.5, 0.6) is 0 Å². The monoisotopic (exact) mass is 329 g/mol. The van der Waals surface area contributed by atoms with Crippen LogP contribution in [0.4, 0.5) is 5.13 Å². The van der Waals surface area contributed by atoms with Crippen LogP contribution >= 0.6 is 11.5 Å². The maximum Gasteiger partial charge on any atom is 0.232 e. The molecule has 0 amide bonds. The van der Waals surface area contributed by atoms with Gasteiger partial charge in [-0.15, -0.1) is 0 Å². The molecular formula is C9H15N9OS2. The van der Waals surface area contributed by atoms with E-state index in [0.717, 1.165) is 11.5 Å². The molecule has 6 N–H and O–H groups in total. The van der Waals surface area contributed by atoms with Crippen LogP contribution in [0.15, 0.2) is 9.98 Å². The number of hydrogen-bond donors (Lipinski definition) is 4. The molecule has 0 saturated carbocycles. The van der Waals surface area contributed by atoms with E-state index in [1.165, 1.54) is 7.05 Å². The molecule has 0 fully saturated rings. The molecule has 1 aromatic heterocycles. The van der Waals surface area contributed by atoms with Gasteiger partial charge in [0.1, 0.15) is 0 Å². The van der Waals surface area contributed by atoms with Crippen molar-refractivity contribution < 1.29 is 4.21 Å². The van der Waals surface area contributed by atoms with Crippen LogP contribution < -0.4 is 22.1 Å². The van der Waals surface area contributed by atoms with Crippen molar-refractivity contribution in [2.75, 3.05) is 19.3 Å². The molecular weight excluding hydrogens is 314 g/mol. The zero-order valence-corrected chi connectivity index (χ0v) is 12.9. The highest BCUT2D eigenvalue weighted by Crippen LogP contribution is 2.15. The number of nitriles is 1. The molecule has 1 aromatic rings. The molecule has 0 aliphatic carbocycles. The first-order chi connectivity index (χ1) is 10.0. The molecule has 10 nitrogen and oxygen atoms in total. The van der Waals surface area contributed by atoms with Gasteiger partial charge in [0, 0.05) is 41.7 Å². The van der Waals surface area contributed by atoms with Gasteiger partial charge in [0.2, 0.25) is 11.1 Å². The Morgan fingerprint density at radius 1 is 1.57 bits per heavy atom. The minimum atomic E-state index is -1.15. The Morgan fingerprint density at radius 3 is 2.95 bits per heavy atom. The summed E-state index contributed by atoms with van der Waals surface area (Å²) in [5, 5.41) is 14.0. The fourth-order valence-electron chi connectivity index (χ4n) is 1.19. The summed E-state index contributed by atoms with van der Waals surface area (Å²) in [5.41, 5.74) is 10.5. The molecule has 0 bridgehead atoms. The first-order valence-corrected chi connectivity index (χ1v) is 7.94. The van der Waals surface area contributed by atoms with Crippen molar-refractivity contribution >= 4 is 39.4 Å². The number of nitrogens with two attached hydrogens (primary N) is 2. The van der Waals surface area contributed by atoms with E-state index in [0.29, 0.717) is 29.2 Å². The minimum Gasteiger partial charge on any atom is -0.370 e. The van der Waals surface area contributed by atoms with Crippen LogP contribution in [-0.2, 0) is 16.6 Å². The van der Waals surface area contributed by atoms with E-state index in [1.54, 1.807) is 6.19 Å². The molecule has 1 rings (SSSR count). The third-order valence-electron chi connectivity index (χ3n) is 1.99. The lowest BCUT2D eigenvalue weighted by Crippen LogP contribution is -2.36. The lowest BCUT2D eigenvalue weighted by molar-refractivity contribution is 0.680. The van der Waals surface area contributed by atoms with E-state index in [2.05, 4.69) is 30.0 Å². The average Bonchev–Trinajstić information content (AvgIpc) is 2.83. The quantitative estimate of drug-likeness (QED) is 0.208. The summed E-state index contributed by atoms with van der Waals surface area (Å²) in [4.78, 5) is 11.6. The number of rotatable bonds is 6. The van der Waals surface area contributed by atoms with E-state index in [-0.39, 0.29) is 11.7 Å². The number of aromatic nitrogens is 2. The third-order valence-corrected chi connectivity index (χ3v) is 3.88. The number of guanidine groups is 2. The second-order valence-corrected chi connectivity index (χ2v) is 5.86. The molecule has 114 valence electrons. The minimum absolute atomic E-state index is 0.0978. The summed E-state index contributed by atoms with van der Waals surface area (Å²) in [5.74, 6) is 1.24. The Kier molecular flexibility index (Phi) is 7.05. The van der Waals surface area contributed by atoms with E-state index >= 15 is 0 Å². The van der Waals surface area contributed by atoms with E-state index < -0.39 is 10.8 Å². The van der Waals surface area contributed by atoms with Crippen molar-refractivity contribution in [3.05, 3.63) is 5.82 Å². The predicted molar refractivity (Wildman–Crippen MR) is 82.2 cm³/mol. The zero-order valence-electron chi connectivity index (χ0n) is 11.2. The normalized spacial score (nSPS) is 12.3. The summed E-state index contributed by atoms with van der Waals surface area (Å²) in [6, 6.07) is 0. The molecule has 0 aliphatic heterocycles. The topological polar surface area (TPSA) is 167 Å². The third kappa shape index (κ3) is 6.63. The maximum atomic E-state index is 11.9. The van der Waals surface area contributed by atoms with E-state index in [1.807, 2.05) is 0 Å². The molecule has 0 aromatic carbocycles. The molecule has 0 aliphatic rings. The van der Waals surface area contributed by atoms with Gasteiger partial charge in [-0.2, -0.15) is 14.6 Å². The first kappa shape index (κ1) is 16.8. The number of nitrogens with one attached hydrogen (secondary N) is 2. The predicted octanol–water partition coefficient (Wildman–Crippen LogP) is -1.66. The number of hydrogen-bond acceptors (Lipinski definition) is 7. The summed E-state index contributed by atoms with van der Waals surface area (Å²) < 4.78 is 15.9. The standard InChI is InChI=1S/C9H15N9OS2/c1-13-8(15-5-10)14-2-3-21(19)4-6-16-9(20-18-6)17-7(11)12/h2-4H2,1H3,(H2,13,14,15)(H4,11,12,16,17,18). The van der Waals surface area contributed by atoms with Gasteiger partial charge in [0.15, 0.2) is 18.0 Å². The summed E-state index contributed by atoms with van der Waals surface area (Å²) >= 11 is 1.03. The number of nitrogens with zero attached hydrogens (tertiary/aromatic N) is 5. The molecule has 0 spiro atoms. The number of aliphatic imine (C=N–C) groups is 2. The second-order valence-electron chi connectivity index (χ2n) is 3.55. The molecule has 1 atom stereocenters. The SMILES string of the molecule is CN=C(NC#N)NCCS(=O)Cc1nsc(N=C(N)N)n1. The summed E-state index contributed by atoms with van der Waals surface area (Å²) in [7, 11) is 0.386. The molecule has 0 radical (unpaired) electrons. The second kappa shape index (κ2) is 8.82. The largest absolute Gasteiger partial charge is 0.370 e. The van der Waals surface area contributed by atoms with E-state index in [4.69, 9.17) is 16.7 Å². The van der Waals surface area contributed by atoms with Gasteiger partial charge in [-0.1, -0.05) is 0 Å². The van der Waals surface area contributed by atoms with Crippen molar-refractivity contribution in [3.63, 3.8) is 0 Å². The molecule has 12 heteroatoms. The summed E-state index contributed by atoms with van der Waals surface area (Å²) in [6.45, 7) is 0.402. The summed E-state index contributed by atoms with van der Waals surface area (Å²) in [6.07, 6.45) is 1.74. The van der Waals surface area contributed by atoms with Crippen molar-refractivity contribution in [2.24, 2.45) is 21.5 Å². The molecule has 1 heterocycles. The molecule has 1 unspecified atom stereocenters. The van der Waals surface area contributed by atoms with Crippen LogP contribution in [0.2, 0.25) is 0 Å². The van der Waals surface area contributed by atoms with Crippen molar-refractivity contribution in [1.82, 2.24) is 20.0 Å². The van der Waals surface area contributed by atoms with Crippen LogP contribution in [0.1, 0.15) is 5.82 Å². The van der Waals surface area contributed by atoms with Gasteiger partial charge in [0.05, 0.1) is 5.75 Å². The fraction of sp³-hybridized carbons (Fsp3) is 0.444. The average molecular weight is 329 g/mol. The van der Waals surface area contributed by atoms with Gasteiger partial charge in [-0.05, 0) is 0 Å². The van der Waals surface area contributed by atoms with E-state index in [9.17, 15) is 4.21 Å². The van der Waals surface area contributed by atoms with Crippen LogP contribution in [0.3, 0.4) is 0 Å². The smallest absolute Gasteiger partial charge is 0.232 e. The fourth-order valence-corrected chi connectivity index (χ4v) is 2.75. The van der Waals surface area contributed by atoms with Crippen molar-refractivity contribution in [1.29, 1.82) is 5.26 Å². The lowest BCUT2D eigenvalue weighted by atomic mass is 10.7. The molecule has 21 heavy (non-hydrogen) atoms. The van der Waals surface area contributed by atoms with Gasteiger partial charge in [0.25, 0.3) is 0 Å². The Labute approximate surface area is 128 Å². The van der Waals surface area contributed by atoms with Gasteiger partial charge < -0.3 is 16.8 Å².